The van der Waals surface area contributed by atoms with Crippen molar-refractivity contribution in [1.82, 2.24) is 0 Å². The number of Topliss-reactive ketones (excluding diaryl/α,β-unsaturated/α-hetero) is 1. The molecule has 1 amide bonds. The first kappa shape index (κ1) is 19.5. The van der Waals surface area contributed by atoms with E-state index in [2.05, 4.69) is 0 Å². The molecule has 1 atom stereocenters. The van der Waals surface area contributed by atoms with Gasteiger partial charge in [0, 0.05) is 35.1 Å². The van der Waals surface area contributed by atoms with E-state index in [4.69, 9.17) is 16.3 Å². The molecule has 0 saturated carbocycles. The van der Waals surface area contributed by atoms with E-state index in [9.17, 15) is 9.59 Å². The summed E-state index contributed by atoms with van der Waals surface area (Å²) in [5, 5.41) is 0.518. The van der Waals surface area contributed by atoms with Gasteiger partial charge in [0.1, 0.15) is 5.75 Å². The van der Waals surface area contributed by atoms with Crippen LogP contribution in [-0.4, -0.2) is 18.8 Å². The van der Waals surface area contributed by atoms with E-state index in [0.29, 0.717) is 29.3 Å². The summed E-state index contributed by atoms with van der Waals surface area (Å²) in [5.41, 5.74) is 3.16. The number of carbonyl (C=O) groups is 2. The molecule has 4 nitrogen and oxygen atoms in total. The van der Waals surface area contributed by atoms with Crippen molar-refractivity contribution in [3.63, 3.8) is 0 Å². The second-order valence-electron chi connectivity index (χ2n) is 7.26. The standard InChI is InChI=1S/C24H22ClNO3/c1-29-22-13-12-18(25)15-20(22)26-19-8-5-9-21(27)24(19)17(14-23(26)28)11-10-16-6-3-2-4-7-16/h2-4,6-7,10-13,15,17H,5,8-9,14H2,1H3/b11-10+. The van der Waals surface area contributed by atoms with Crippen molar-refractivity contribution >= 4 is 35.1 Å². The SMILES string of the molecule is COc1ccc(Cl)cc1N1C(=O)CC(/C=C/c2ccccc2)C2=C1CCCC2=O. The fraction of sp³-hybridized carbons (Fsp3) is 0.250. The number of anilines is 1. The predicted molar refractivity (Wildman–Crippen MR) is 115 cm³/mol. The normalized spacial score (nSPS) is 19.7. The summed E-state index contributed by atoms with van der Waals surface area (Å²) in [4.78, 5) is 27.7. The second kappa shape index (κ2) is 8.26. The Bertz CT molecular complexity index is 1010. The van der Waals surface area contributed by atoms with Gasteiger partial charge < -0.3 is 4.74 Å². The highest BCUT2D eigenvalue weighted by Crippen LogP contribution is 2.43. The van der Waals surface area contributed by atoms with Crippen LogP contribution >= 0.6 is 11.6 Å². The third-order valence-electron chi connectivity index (χ3n) is 5.42. The van der Waals surface area contributed by atoms with Crippen LogP contribution in [0.5, 0.6) is 5.75 Å². The highest BCUT2D eigenvalue weighted by atomic mass is 35.5. The molecule has 4 rings (SSSR count). The lowest BCUT2D eigenvalue weighted by Gasteiger charge is -2.37. The van der Waals surface area contributed by atoms with Crippen molar-refractivity contribution in [3.8, 4) is 5.75 Å². The number of ether oxygens (including phenoxy) is 1. The van der Waals surface area contributed by atoms with Gasteiger partial charge in [-0.1, -0.05) is 54.1 Å². The lowest BCUT2D eigenvalue weighted by atomic mass is 9.80. The fourth-order valence-corrected chi connectivity index (χ4v) is 4.27. The van der Waals surface area contributed by atoms with Gasteiger partial charge in [-0.2, -0.15) is 0 Å². The maximum absolute atomic E-state index is 13.2. The number of nitrogens with zero attached hydrogens (tertiary/aromatic N) is 1. The molecule has 0 radical (unpaired) electrons. The maximum Gasteiger partial charge on any atom is 0.232 e. The Hall–Kier alpha value is -2.85. The van der Waals surface area contributed by atoms with E-state index in [-0.39, 0.29) is 24.0 Å². The van der Waals surface area contributed by atoms with Gasteiger partial charge in [0.2, 0.25) is 5.91 Å². The molecule has 1 aliphatic carbocycles. The molecule has 0 bridgehead atoms. The van der Waals surface area contributed by atoms with Crippen molar-refractivity contribution in [2.75, 3.05) is 12.0 Å². The van der Waals surface area contributed by atoms with E-state index in [1.165, 1.54) is 0 Å². The van der Waals surface area contributed by atoms with Gasteiger partial charge in [0.15, 0.2) is 5.78 Å². The Balaban J connectivity index is 1.79. The third kappa shape index (κ3) is 3.85. The van der Waals surface area contributed by atoms with Crippen molar-refractivity contribution < 1.29 is 14.3 Å². The summed E-state index contributed by atoms with van der Waals surface area (Å²) in [5.74, 6) is 0.409. The largest absolute Gasteiger partial charge is 0.495 e. The minimum absolute atomic E-state index is 0.0540. The van der Waals surface area contributed by atoms with Crippen LogP contribution in [0.1, 0.15) is 31.2 Å². The molecule has 0 fully saturated rings. The van der Waals surface area contributed by atoms with Crippen LogP contribution in [0.4, 0.5) is 5.69 Å². The van der Waals surface area contributed by atoms with E-state index in [0.717, 1.165) is 23.3 Å². The molecule has 0 saturated heterocycles. The average molecular weight is 408 g/mol. The lowest BCUT2D eigenvalue weighted by molar-refractivity contribution is -0.120. The zero-order valence-electron chi connectivity index (χ0n) is 16.2. The molecule has 0 spiro atoms. The fourth-order valence-electron chi connectivity index (χ4n) is 4.11. The molecule has 2 aliphatic rings. The molecule has 0 aromatic heterocycles. The Morgan fingerprint density at radius 2 is 1.90 bits per heavy atom. The molecule has 2 aromatic rings. The van der Waals surface area contributed by atoms with E-state index >= 15 is 0 Å². The van der Waals surface area contributed by atoms with E-state index in [1.807, 2.05) is 42.5 Å². The summed E-state index contributed by atoms with van der Waals surface area (Å²) in [6, 6.07) is 15.1. The van der Waals surface area contributed by atoms with Crippen LogP contribution in [-0.2, 0) is 9.59 Å². The number of allylic oxidation sites excluding steroid dienone is 3. The number of ketones is 1. The number of rotatable bonds is 4. The first-order valence-corrected chi connectivity index (χ1v) is 10.1. The Labute approximate surface area is 175 Å². The highest BCUT2D eigenvalue weighted by molar-refractivity contribution is 6.31. The first-order valence-electron chi connectivity index (χ1n) is 9.74. The third-order valence-corrected chi connectivity index (χ3v) is 5.65. The molecule has 1 aliphatic heterocycles. The number of amides is 1. The van der Waals surface area contributed by atoms with Crippen molar-refractivity contribution in [2.24, 2.45) is 5.92 Å². The zero-order chi connectivity index (χ0) is 20.4. The summed E-state index contributed by atoms with van der Waals surface area (Å²) in [7, 11) is 1.56. The molecular formula is C24H22ClNO3. The van der Waals surface area contributed by atoms with Crippen LogP contribution < -0.4 is 9.64 Å². The summed E-state index contributed by atoms with van der Waals surface area (Å²) in [6.45, 7) is 0. The minimum atomic E-state index is -0.216. The first-order chi connectivity index (χ1) is 14.1. The quantitative estimate of drug-likeness (QED) is 0.679. The van der Waals surface area contributed by atoms with Crippen LogP contribution in [0.15, 0.2) is 65.9 Å². The van der Waals surface area contributed by atoms with Crippen LogP contribution in [0.3, 0.4) is 0 Å². The number of halogens is 1. The summed E-state index contributed by atoms with van der Waals surface area (Å²) < 4.78 is 5.47. The molecule has 5 heteroatoms. The Morgan fingerprint density at radius 1 is 1.10 bits per heavy atom. The highest BCUT2D eigenvalue weighted by Gasteiger charge is 2.38. The molecule has 29 heavy (non-hydrogen) atoms. The Morgan fingerprint density at radius 3 is 2.66 bits per heavy atom. The Kier molecular flexibility index (Phi) is 5.54. The van der Waals surface area contributed by atoms with Crippen LogP contribution in [0.2, 0.25) is 5.02 Å². The minimum Gasteiger partial charge on any atom is -0.495 e. The van der Waals surface area contributed by atoms with Gasteiger partial charge in [-0.05, 0) is 36.6 Å². The average Bonchev–Trinajstić information content (AvgIpc) is 2.73. The second-order valence-corrected chi connectivity index (χ2v) is 7.70. The molecular weight excluding hydrogens is 386 g/mol. The molecule has 0 N–H and O–H groups in total. The van der Waals surface area contributed by atoms with Gasteiger partial charge in [-0.25, -0.2) is 0 Å². The molecule has 1 unspecified atom stereocenters. The zero-order valence-corrected chi connectivity index (χ0v) is 17.0. The van der Waals surface area contributed by atoms with Crippen molar-refractivity contribution in [1.29, 1.82) is 0 Å². The number of benzene rings is 2. The maximum atomic E-state index is 13.2. The number of hydrogen-bond acceptors (Lipinski definition) is 3. The lowest BCUT2D eigenvalue weighted by Crippen LogP contribution is -2.41. The summed E-state index contributed by atoms with van der Waals surface area (Å²) >= 11 is 6.20. The van der Waals surface area contributed by atoms with Gasteiger partial charge in [-0.15, -0.1) is 0 Å². The van der Waals surface area contributed by atoms with Crippen molar-refractivity contribution in [3.05, 3.63) is 76.5 Å². The predicted octanol–water partition coefficient (Wildman–Crippen LogP) is 5.42. The molecule has 148 valence electrons. The monoisotopic (exact) mass is 407 g/mol. The van der Waals surface area contributed by atoms with Gasteiger partial charge in [-0.3, -0.25) is 14.5 Å². The van der Waals surface area contributed by atoms with Crippen LogP contribution in [0.25, 0.3) is 6.08 Å². The van der Waals surface area contributed by atoms with Gasteiger partial charge in [0.05, 0.1) is 12.8 Å². The molecule has 1 heterocycles. The topological polar surface area (TPSA) is 46.6 Å². The van der Waals surface area contributed by atoms with Gasteiger partial charge >= 0.3 is 0 Å². The molecule has 2 aromatic carbocycles. The number of methoxy groups -OCH3 is 1. The number of carbonyl (C=O) groups excluding carboxylic acids is 2. The van der Waals surface area contributed by atoms with Crippen molar-refractivity contribution in [2.45, 2.75) is 25.7 Å². The summed E-state index contributed by atoms with van der Waals surface area (Å²) in [6.07, 6.45) is 6.14. The van der Waals surface area contributed by atoms with Crippen LogP contribution in [0, 0.1) is 5.92 Å². The van der Waals surface area contributed by atoms with Gasteiger partial charge in [0.25, 0.3) is 0 Å². The smallest absolute Gasteiger partial charge is 0.232 e. The van der Waals surface area contributed by atoms with E-state index < -0.39 is 0 Å². The van der Waals surface area contributed by atoms with E-state index in [1.54, 1.807) is 30.2 Å². The number of hydrogen-bond donors (Lipinski definition) is 0.